The van der Waals surface area contributed by atoms with E-state index in [1.807, 2.05) is 11.8 Å². The molecule has 0 radical (unpaired) electrons. The average Bonchev–Trinajstić information content (AvgIpc) is 3.40. The first kappa shape index (κ1) is 30.5. The predicted octanol–water partition coefficient (Wildman–Crippen LogP) is 3.62. The molecule has 0 amide bonds. The molecule has 0 spiro atoms. The van der Waals surface area contributed by atoms with Crippen LogP contribution in [0.2, 0.25) is 10.0 Å². The molecule has 4 heterocycles. The number of nitrogen functional groups attached to an aromatic ring is 1. The molecule has 0 bridgehead atoms. The summed E-state index contributed by atoms with van der Waals surface area (Å²) in [6.45, 7) is 5.42. The molecule has 9 nitrogen and oxygen atoms in total. The van der Waals surface area contributed by atoms with E-state index in [9.17, 15) is 4.21 Å². The van der Waals surface area contributed by atoms with E-state index in [4.69, 9.17) is 43.4 Å². The summed E-state index contributed by atoms with van der Waals surface area (Å²) in [5, 5.41) is 7.26. The Labute approximate surface area is 255 Å². The molecule has 3 aromatic rings. The largest absolute Gasteiger partial charge is 0.486 e. The summed E-state index contributed by atoms with van der Waals surface area (Å²) in [6.07, 6.45) is 9.63. The summed E-state index contributed by atoms with van der Waals surface area (Å²) in [4.78, 5) is 12.6. The highest BCUT2D eigenvalue weighted by molar-refractivity contribution is 7.92. The van der Waals surface area contributed by atoms with Crippen molar-refractivity contribution in [3.05, 3.63) is 75.4 Å². The summed E-state index contributed by atoms with van der Waals surface area (Å²) >= 11 is 12.6. The fourth-order valence-corrected chi connectivity index (χ4v) is 7.48. The van der Waals surface area contributed by atoms with Gasteiger partial charge >= 0.3 is 0 Å². The number of hydrogen-bond donors (Lipinski definition) is 2. The van der Waals surface area contributed by atoms with Crippen molar-refractivity contribution in [1.82, 2.24) is 14.9 Å². The Bertz CT molecular complexity index is 1610. The fourth-order valence-electron chi connectivity index (χ4n) is 5.70. The average molecular weight is 636 g/mol. The second kappa shape index (κ2) is 11.9. The number of ether oxygens (including phenoxy) is 1. The molecular weight excluding hydrogens is 600 g/mol. The molecule has 5 rings (SSSR count). The Morgan fingerprint density at radius 2 is 1.86 bits per heavy atom. The maximum Gasteiger partial charge on any atom is 0.215 e. The zero-order valence-corrected chi connectivity index (χ0v) is 26.1. The van der Waals surface area contributed by atoms with E-state index in [-0.39, 0.29) is 11.5 Å². The van der Waals surface area contributed by atoms with Crippen LogP contribution in [0.15, 0.2) is 47.2 Å². The van der Waals surface area contributed by atoms with Gasteiger partial charge < -0.3 is 20.3 Å². The Kier molecular flexibility index (Phi) is 8.67. The molecule has 2 aliphatic heterocycles. The summed E-state index contributed by atoms with van der Waals surface area (Å²) in [6, 6.07) is 6.42. The first-order valence-corrected chi connectivity index (χ1v) is 16.7. The van der Waals surface area contributed by atoms with Crippen LogP contribution in [0.5, 0.6) is 5.75 Å². The molecule has 2 saturated heterocycles. The van der Waals surface area contributed by atoms with Gasteiger partial charge in [0.1, 0.15) is 17.4 Å². The lowest BCUT2D eigenvalue weighted by Crippen LogP contribution is -2.66. The van der Waals surface area contributed by atoms with Crippen molar-refractivity contribution in [1.29, 1.82) is 0 Å². The highest BCUT2D eigenvalue weighted by Gasteiger charge is 2.46. The van der Waals surface area contributed by atoms with Crippen LogP contribution >= 0.6 is 23.2 Å². The molecule has 2 aromatic heterocycles. The minimum absolute atomic E-state index is 0.211. The number of nitrogens with two attached hydrogens (primary N) is 2. The van der Waals surface area contributed by atoms with Gasteiger partial charge in [0, 0.05) is 71.7 Å². The lowest BCUT2D eigenvalue weighted by atomic mass is 9.90. The number of likely N-dealkylation sites (tertiary alicyclic amines) is 1. The van der Waals surface area contributed by atoms with Crippen molar-refractivity contribution >= 4 is 50.1 Å². The van der Waals surface area contributed by atoms with Gasteiger partial charge in [0.15, 0.2) is 11.6 Å². The molecule has 2 aliphatic rings. The highest BCUT2D eigenvalue weighted by Crippen LogP contribution is 2.35. The lowest BCUT2D eigenvalue weighted by molar-refractivity contribution is -0.111. The van der Waals surface area contributed by atoms with Gasteiger partial charge in [-0.1, -0.05) is 23.2 Å². The first-order valence-electron chi connectivity index (χ1n) is 13.6. The van der Waals surface area contributed by atoms with Crippen LogP contribution in [0.4, 0.5) is 15.9 Å². The van der Waals surface area contributed by atoms with Crippen molar-refractivity contribution in [3.8, 4) is 5.75 Å². The number of benzene rings is 1. The molecule has 4 N–H and O–H groups in total. The topological polar surface area (TPSA) is 123 Å². The zero-order valence-electron chi connectivity index (χ0n) is 23.8. The molecule has 0 aliphatic carbocycles. The van der Waals surface area contributed by atoms with Crippen molar-refractivity contribution in [2.45, 2.75) is 31.4 Å². The van der Waals surface area contributed by atoms with Gasteiger partial charge in [-0.05, 0) is 57.1 Å². The highest BCUT2D eigenvalue weighted by atomic mass is 35.5. The SMILES string of the molecule is C[C@@H](Oc1ccc(N)c(C(=[NH2+])c2cnc(N3CC(CN4CCCC4)(N=S(C)(C)=O)C3)c(F)c2)c1)c1c(Cl)cncc1Cl. The Hall–Kier alpha value is -2.99. The van der Waals surface area contributed by atoms with Crippen LogP contribution in [0.1, 0.15) is 42.6 Å². The van der Waals surface area contributed by atoms with Crippen LogP contribution in [0.3, 0.4) is 0 Å². The second-order valence-corrected chi connectivity index (χ2v) is 14.7. The third kappa shape index (κ3) is 6.64. The number of hydrogen-bond acceptors (Lipinski definition) is 8. The van der Waals surface area contributed by atoms with E-state index in [1.54, 1.807) is 30.7 Å². The van der Waals surface area contributed by atoms with Crippen LogP contribution in [0, 0.1) is 5.82 Å². The standard InChI is InChI=1S/C29H34Cl2FN7O2S/c1-18(26-22(30)13-35-14-23(26)31)41-20-6-7-25(33)21(11-20)27(34)19-10-24(32)28(36-12-19)39-16-29(17-39,37-42(2,3)40)15-38-8-4-5-9-38/h6-7,10-14,18,34H,4-5,8-9,15-17,33H2,1-3H3/p+1/t18-/m1/s1. The van der Waals surface area contributed by atoms with Crippen LogP contribution < -0.4 is 20.8 Å². The van der Waals surface area contributed by atoms with E-state index in [0.29, 0.717) is 57.8 Å². The van der Waals surface area contributed by atoms with Gasteiger partial charge in [0.2, 0.25) is 5.71 Å². The van der Waals surface area contributed by atoms with E-state index in [2.05, 4.69) is 14.9 Å². The van der Waals surface area contributed by atoms with Gasteiger partial charge in [-0.15, -0.1) is 0 Å². The first-order chi connectivity index (χ1) is 19.8. The van der Waals surface area contributed by atoms with E-state index in [1.165, 1.54) is 24.7 Å². The van der Waals surface area contributed by atoms with Gasteiger partial charge in [0.25, 0.3) is 0 Å². The van der Waals surface area contributed by atoms with E-state index >= 15 is 4.39 Å². The van der Waals surface area contributed by atoms with Crippen molar-refractivity contribution in [2.24, 2.45) is 4.36 Å². The lowest BCUT2D eigenvalue weighted by Gasteiger charge is -2.49. The summed E-state index contributed by atoms with van der Waals surface area (Å²) < 4.78 is 38.8. The van der Waals surface area contributed by atoms with Crippen molar-refractivity contribution in [3.63, 3.8) is 0 Å². The monoisotopic (exact) mass is 634 g/mol. The molecule has 1 atom stereocenters. The molecule has 13 heteroatoms. The van der Waals surface area contributed by atoms with E-state index in [0.717, 1.165) is 25.9 Å². The predicted molar refractivity (Wildman–Crippen MR) is 167 cm³/mol. The van der Waals surface area contributed by atoms with Crippen molar-refractivity contribution in [2.75, 3.05) is 55.9 Å². The smallest absolute Gasteiger partial charge is 0.215 e. The number of halogens is 3. The van der Waals surface area contributed by atoms with Crippen LogP contribution in [-0.4, -0.2) is 75.6 Å². The maximum absolute atomic E-state index is 15.5. The number of nitrogens with zero attached hydrogens (tertiary/aromatic N) is 5. The molecule has 42 heavy (non-hydrogen) atoms. The minimum atomic E-state index is -2.33. The Balaban J connectivity index is 1.33. The molecule has 1 aromatic carbocycles. The molecular formula is C29H35Cl2FN7O2S+. The Morgan fingerprint density at radius 3 is 2.48 bits per heavy atom. The third-order valence-corrected chi connectivity index (χ3v) is 8.89. The molecule has 0 saturated carbocycles. The van der Waals surface area contributed by atoms with Gasteiger partial charge in [0.05, 0.1) is 21.2 Å². The minimum Gasteiger partial charge on any atom is -0.486 e. The maximum atomic E-state index is 15.5. The van der Waals surface area contributed by atoms with E-state index < -0.39 is 27.2 Å². The van der Waals surface area contributed by atoms with Crippen LogP contribution in [0.25, 0.3) is 0 Å². The summed E-state index contributed by atoms with van der Waals surface area (Å²) in [5.41, 5.74) is 7.85. The normalized spacial score (nSPS) is 17.5. The van der Waals surface area contributed by atoms with Gasteiger partial charge in [-0.2, -0.15) is 0 Å². The number of rotatable bonds is 9. The van der Waals surface area contributed by atoms with Crippen molar-refractivity contribution < 1.29 is 18.7 Å². The quantitative estimate of drug-likeness (QED) is 0.272. The molecule has 224 valence electrons. The van der Waals surface area contributed by atoms with Gasteiger partial charge in [-0.3, -0.25) is 14.6 Å². The number of aromatic nitrogens is 2. The second-order valence-electron chi connectivity index (χ2n) is 11.3. The van der Waals surface area contributed by atoms with Crippen LogP contribution in [-0.2, 0) is 9.73 Å². The summed E-state index contributed by atoms with van der Waals surface area (Å²) in [5.74, 6) is 0.175. The number of pyridine rings is 2. The Morgan fingerprint density at radius 1 is 1.19 bits per heavy atom. The summed E-state index contributed by atoms with van der Waals surface area (Å²) in [7, 11) is -2.33. The molecule has 2 fully saturated rings. The van der Waals surface area contributed by atoms with Gasteiger partial charge in [-0.25, -0.2) is 13.7 Å². The third-order valence-electron chi connectivity index (χ3n) is 7.46. The number of anilines is 2. The zero-order chi connectivity index (χ0) is 30.2. The fraction of sp³-hybridized carbons (Fsp3) is 0.414. The molecule has 0 unspecified atom stereocenters.